The van der Waals surface area contributed by atoms with Crippen molar-refractivity contribution in [1.29, 1.82) is 0 Å². The van der Waals surface area contributed by atoms with Gasteiger partial charge in [-0.1, -0.05) is 19.9 Å². The molecule has 4 nitrogen and oxygen atoms in total. The molecule has 0 amide bonds. The van der Waals surface area contributed by atoms with Gasteiger partial charge >= 0.3 is 0 Å². The first-order valence-electron chi connectivity index (χ1n) is 7.11. The number of H-pyrrole nitrogens is 1. The van der Waals surface area contributed by atoms with Crippen molar-refractivity contribution in [2.45, 2.75) is 39.8 Å². The zero-order valence-corrected chi connectivity index (χ0v) is 12.7. The van der Waals surface area contributed by atoms with E-state index in [0.717, 1.165) is 22.3 Å². The summed E-state index contributed by atoms with van der Waals surface area (Å²) in [5, 5.41) is 14.2. The molecule has 0 bridgehead atoms. The Morgan fingerprint density at radius 3 is 2.75 bits per heavy atom. The van der Waals surface area contributed by atoms with Crippen LogP contribution in [0.1, 0.15) is 25.1 Å². The van der Waals surface area contributed by atoms with Crippen LogP contribution < -0.4 is 10.1 Å². The molecule has 0 saturated carbocycles. The summed E-state index contributed by atoms with van der Waals surface area (Å²) in [6.45, 7) is 9.08. The van der Waals surface area contributed by atoms with Crippen molar-refractivity contribution in [3.05, 3.63) is 29.5 Å². The molecule has 1 aromatic heterocycles. The summed E-state index contributed by atoms with van der Waals surface area (Å²) in [6.07, 6.45) is -0.506. The zero-order valence-electron chi connectivity index (χ0n) is 12.7. The molecule has 1 aromatic carbocycles. The van der Waals surface area contributed by atoms with Crippen LogP contribution in [0.3, 0.4) is 0 Å². The molecule has 2 aromatic rings. The standard InChI is InChI=1S/C16H24N2O2/c1-10(2)17-8-13(19)9-20-15-7-5-6-14-16(15)11(3)12(4)18-14/h5-7,10,13,17-19H,8-9H2,1-4H3. The number of aliphatic hydroxyl groups excluding tert-OH is 1. The predicted octanol–water partition coefficient (Wildman–Crippen LogP) is 2.52. The zero-order chi connectivity index (χ0) is 14.7. The van der Waals surface area contributed by atoms with E-state index in [4.69, 9.17) is 4.74 Å². The fourth-order valence-electron chi connectivity index (χ4n) is 2.24. The van der Waals surface area contributed by atoms with Crippen LogP contribution in [0.25, 0.3) is 10.9 Å². The van der Waals surface area contributed by atoms with Gasteiger partial charge in [0.2, 0.25) is 0 Å². The number of nitrogens with one attached hydrogen (secondary N) is 2. The van der Waals surface area contributed by atoms with Crippen molar-refractivity contribution in [3.63, 3.8) is 0 Å². The Labute approximate surface area is 120 Å². The third-order valence-corrected chi connectivity index (χ3v) is 3.48. The molecule has 1 atom stereocenters. The van der Waals surface area contributed by atoms with E-state index < -0.39 is 6.10 Å². The molecule has 1 heterocycles. The highest BCUT2D eigenvalue weighted by Crippen LogP contribution is 2.30. The third kappa shape index (κ3) is 3.32. The summed E-state index contributed by atoms with van der Waals surface area (Å²) >= 11 is 0. The van der Waals surface area contributed by atoms with E-state index in [1.807, 2.05) is 18.2 Å². The minimum Gasteiger partial charge on any atom is -0.490 e. The van der Waals surface area contributed by atoms with E-state index in [0.29, 0.717) is 19.2 Å². The molecule has 0 aliphatic heterocycles. The number of aliphatic hydroxyl groups is 1. The van der Waals surface area contributed by atoms with Crippen LogP contribution >= 0.6 is 0 Å². The van der Waals surface area contributed by atoms with Gasteiger partial charge in [0.25, 0.3) is 0 Å². The number of aromatic amines is 1. The van der Waals surface area contributed by atoms with Gasteiger partial charge < -0.3 is 20.1 Å². The second-order valence-electron chi connectivity index (χ2n) is 5.58. The van der Waals surface area contributed by atoms with Crippen molar-refractivity contribution >= 4 is 10.9 Å². The van der Waals surface area contributed by atoms with Crippen LogP contribution in [0.2, 0.25) is 0 Å². The van der Waals surface area contributed by atoms with Gasteiger partial charge in [0.05, 0.1) is 0 Å². The molecule has 0 radical (unpaired) electrons. The fraction of sp³-hybridized carbons (Fsp3) is 0.500. The van der Waals surface area contributed by atoms with Crippen molar-refractivity contribution in [3.8, 4) is 5.75 Å². The molecule has 110 valence electrons. The molecule has 1 unspecified atom stereocenters. The maximum Gasteiger partial charge on any atom is 0.129 e. The first-order chi connectivity index (χ1) is 9.49. The molecule has 0 saturated heterocycles. The Bertz CT molecular complexity index is 575. The molecule has 0 aliphatic rings. The Hall–Kier alpha value is -1.52. The summed E-state index contributed by atoms with van der Waals surface area (Å²) in [5.74, 6) is 0.827. The molecule has 2 rings (SSSR count). The van der Waals surface area contributed by atoms with Gasteiger partial charge in [0.15, 0.2) is 0 Å². The van der Waals surface area contributed by atoms with E-state index in [9.17, 15) is 5.11 Å². The molecule has 0 aliphatic carbocycles. The van der Waals surface area contributed by atoms with Gasteiger partial charge in [0, 0.05) is 29.2 Å². The van der Waals surface area contributed by atoms with Gasteiger partial charge in [0.1, 0.15) is 18.5 Å². The molecular weight excluding hydrogens is 252 g/mol. The molecule has 0 fully saturated rings. The van der Waals surface area contributed by atoms with Gasteiger partial charge in [-0.15, -0.1) is 0 Å². The number of hydrogen-bond acceptors (Lipinski definition) is 3. The highest BCUT2D eigenvalue weighted by atomic mass is 16.5. The largest absolute Gasteiger partial charge is 0.490 e. The first kappa shape index (κ1) is 14.9. The van der Waals surface area contributed by atoms with Crippen LogP contribution in [0.4, 0.5) is 0 Å². The summed E-state index contributed by atoms with van der Waals surface area (Å²) in [4.78, 5) is 3.34. The van der Waals surface area contributed by atoms with Crippen molar-refractivity contribution in [1.82, 2.24) is 10.3 Å². The lowest BCUT2D eigenvalue weighted by molar-refractivity contribution is 0.105. The SMILES string of the molecule is Cc1[nH]c2cccc(OCC(O)CNC(C)C)c2c1C. The Balaban J connectivity index is 2.06. The Kier molecular flexibility index (Phi) is 4.68. The molecule has 20 heavy (non-hydrogen) atoms. The number of ether oxygens (including phenoxy) is 1. The summed E-state index contributed by atoms with van der Waals surface area (Å²) in [5.41, 5.74) is 3.43. The smallest absolute Gasteiger partial charge is 0.129 e. The normalized spacial score (nSPS) is 13.1. The maximum atomic E-state index is 9.91. The monoisotopic (exact) mass is 276 g/mol. The molecule has 0 spiro atoms. The summed E-state index contributed by atoms with van der Waals surface area (Å²) < 4.78 is 5.80. The van der Waals surface area contributed by atoms with Crippen LogP contribution in [-0.4, -0.2) is 35.4 Å². The number of aromatic nitrogens is 1. The quantitative estimate of drug-likeness (QED) is 0.760. The lowest BCUT2D eigenvalue weighted by Gasteiger charge is -2.15. The van der Waals surface area contributed by atoms with Crippen LogP contribution in [0.5, 0.6) is 5.75 Å². The number of fused-ring (bicyclic) bond motifs is 1. The second-order valence-corrected chi connectivity index (χ2v) is 5.58. The fourth-order valence-corrected chi connectivity index (χ4v) is 2.24. The van der Waals surface area contributed by atoms with Crippen LogP contribution in [0, 0.1) is 13.8 Å². The van der Waals surface area contributed by atoms with E-state index in [-0.39, 0.29) is 0 Å². The summed E-state index contributed by atoms with van der Waals surface area (Å²) in [7, 11) is 0. The number of benzene rings is 1. The number of rotatable bonds is 6. The minimum absolute atomic E-state index is 0.294. The van der Waals surface area contributed by atoms with E-state index >= 15 is 0 Å². The topological polar surface area (TPSA) is 57.3 Å². The van der Waals surface area contributed by atoms with E-state index in [1.54, 1.807) is 0 Å². The average molecular weight is 276 g/mol. The van der Waals surface area contributed by atoms with Crippen LogP contribution in [0.15, 0.2) is 18.2 Å². The van der Waals surface area contributed by atoms with Gasteiger partial charge in [-0.3, -0.25) is 0 Å². The highest BCUT2D eigenvalue weighted by Gasteiger charge is 2.11. The van der Waals surface area contributed by atoms with Crippen molar-refractivity contribution < 1.29 is 9.84 Å². The van der Waals surface area contributed by atoms with Crippen molar-refractivity contribution in [2.24, 2.45) is 0 Å². The Morgan fingerprint density at radius 2 is 2.05 bits per heavy atom. The summed E-state index contributed by atoms with van der Waals surface area (Å²) in [6, 6.07) is 6.32. The average Bonchev–Trinajstić information content (AvgIpc) is 2.70. The van der Waals surface area contributed by atoms with Gasteiger partial charge in [-0.25, -0.2) is 0 Å². The maximum absolute atomic E-state index is 9.91. The third-order valence-electron chi connectivity index (χ3n) is 3.48. The number of aryl methyl sites for hydroxylation is 2. The van der Waals surface area contributed by atoms with E-state index in [2.05, 4.69) is 38.0 Å². The lowest BCUT2D eigenvalue weighted by Crippen LogP contribution is -2.35. The van der Waals surface area contributed by atoms with Crippen LogP contribution in [-0.2, 0) is 0 Å². The van der Waals surface area contributed by atoms with Crippen molar-refractivity contribution in [2.75, 3.05) is 13.2 Å². The van der Waals surface area contributed by atoms with Gasteiger partial charge in [-0.2, -0.15) is 0 Å². The van der Waals surface area contributed by atoms with Gasteiger partial charge in [-0.05, 0) is 31.5 Å². The molecule has 4 heteroatoms. The number of hydrogen-bond donors (Lipinski definition) is 3. The highest BCUT2D eigenvalue weighted by molar-refractivity contribution is 5.90. The Morgan fingerprint density at radius 1 is 1.30 bits per heavy atom. The molecular formula is C16H24N2O2. The minimum atomic E-state index is -0.506. The predicted molar refractivity (Wildman–Crippen MR) is 82.4 cm³/mol. The first-order valence-corrected chi connectivity index (χ1v) is 7.11. The lowest BCUT2D eigenvalue weighted by atomic mass is 10.1. The molecule has 3 N–H and O–H groups in total. The van der Waals surface area contributed by atoms with E-state index in [1.165, 1.54) is 5.56 Å². The second kappa shape index (κ2) is 6.29.